The quantitative estimate of drug-likeness (QED) is 0.338. The monoisotopic (exact) mass is 489 g/mol. The molecule has 0 saturated carbocycles. The Morgan fingerprint density at radius 2 is 1.68 bits per heavy atom. The first kappa shape index (κ1) is 22.9. The second-order valence-electron chi connectivity index (χ2n) is 9.14. The number of amides is 1. The van der Waals surface area contributed by atoms with Gasteiger partial charge in [0.15, 0.2) is 0 Å². The van der Waals surface area contributed by atoms with E-state index in [1.165, 1.54) is 5.39 Å². The van der Waals surface area contributed by atoms with E-state index in [2.05, 4.69) is 40.6 Å². The average molecular weight is 490 g/mol. The van der Waals surface area contributed by atoms with Crippen LogP contribution in [0.15, 0.2) is 102 Å². The van der Waals surface area contributed by atoms with Crippen LogP contribution in [-0.4, -0.2) is 44.4 Å². The highest BCUT2D eigenvalue weighted by atomic mass is 16.3. The van der Waals surface area contributed by atoms with Crippen LogP contribution in [0.5, 0.6) is 0 Å². The standard InChI is InChI=1S/C30H27N5O2/c36-17-16-31-30-32-25-12-6-7-13-27(25)34(30)20-29(37)35-28(22-9-2-1-3-10-22)19-26(33-35)24-15-14-21-8-4-5-11-23(21)18-24/h1-15,18,28,36H,16-17,19-20H2,(H,31,32)/t28-/m1/s1. The molecule has 184 valence electrons. The Kier molecular flexibility index (Phi) is 6.12. The number of hydrogen-bond donors (Lipinski definition) is 2. The fourth-order valence-electron chi connectivity index (χ4n) is 4.96. The van der Waals surface area contributed by atoms with Crippen molar-refractivity contribution in [3.05, 3.63) is 108 Å². The van der Waals surface area contributed by atoms with Crippen LogP contribution >= 0.6 is 0 Å². The van der Waals surface area contributed by atoms with Crippen molar-refractivity contribution in [3.8, 4) is 0 Å². The maximum absolute atomic E-state index is 13.8. The van der Waals surface area contributed by atoms with Crippen LogP contribution in [0.3, 0.4) is 0 Å². The molecule has 7 heteroatoms. The number of aliphatic hydroxyl groups is 1. The molecule has 2 heterocycles. The average Bonchev–Trinajstić information content (AvgIpc) is 3.54. The summed E-state index contributed by atoms with van der Waals surface area (Å²) in [4.78, 5) is 18.5. The summed E-state index contributed by atoms with van der Waals surface area (Å²) in [6, 6.07) is 32.2. The molecular formula is C30H27N5O2. The van der Waals surface area contributed by atoms with Gasteiger partial charge in [-0.2, -0.15) is 5.10 Å². The first-order valence-electron chi connectivity index (χ1n) is 12.4. The summed E-state index contributed by atoms with van der Waals surface area (Å²) in [5.74, 6) is 0.428. The molecule has 0 unspecified atom stereocenters. The van der Waals surface area contributed by atoms with E-state index in [9.17, 15) is 9.90 Å². The molecule has 0 saturated heterocycles. The van der Waals surface area contributed by atoms with Gasteiger partial charge in [0, 0.05) is 13.0 Å². The summed E-state index contributed by atoms with van der Waals surface area (Å²) in [5.41, 5.74) is 4.60. The third kappa shape index (κ3) is 4.45. The summed E-state index contributed by atoms with van der Waals surface area (Å²) < 4.78 is 1.86. The zero-order valence-corrected chi connectivity index (χ0v) is 20.3. The molecule has 1 aliphatic rings. The number of hydrazone groups is 1. The number of para-hydroxylation sites is 2. The van der Waals surface area contributed by atoms with Crippen molar-refractivity contribution in [2.75, 3.05) is 18.5 Å². The SMILES string of the molecule is O=C(Cn1c(NCCO)nc2ccccc21)N1N=C(c2ccc3ccccc3c2)C[C@@H]1c1ccccc1. The number of fused-ring (bicyclic) bond motifs is 2. The molecule has 0 bridgehead atoms. The lowest BCUT2D eigenvalue weighted by Crippen LogP contribution is -2.30. The van der Waals surface area contributed by atoms with Crippen LogP contribution in [0.4, 0.5) is 5.95 Å². The van der Waals surface area contributed by atoms with Crippen LogP contribution in [0, 0.1) is 0 Å². The minimum absolute atomic E-state index is 0.0290. The van der Waals surface area contributed by atoms with Crippen molar-refractivity contribution in [1.29, 1.82) is 0 Å². The second kappa shape index (κ2) is 9.87. The van der Waals surface area contributed by atoms with E-state index in [0.717, 1.165) is 33.3 Å². The fraction of sp³-hybridized carbons (Fsp3) is 0.167. The molecule has 0 aliphatic carbocycles. The number of hydrogen-bond acceptors (Lipinski definition) is 5. The third-order valence-corrected chi connectivity index (χ3v) is 6.78. The predicted molar refractivity (Wildman–Crippen MR) is 146 cm³/mol. The Hall–Kier alpha value is -4.49. The van der Waals surface area contributed by atoms with Gasteiger partial charge in [-0.25, -0.2) is 9.99 Å². The van der Waals surface area contributed by atoms with Crippen molar-refractivity contribution in [2.45, 2.75) is 19.0 Å². The number of anilines is 1. The molecule has 37 heavy (non-hydrogen) atoms. The number of aromatic nitrogens is 2. The second-order valence-corrected chi connectivity index (χ2v) is 9.14. The first-order chi connectivity index (χ1) is 18.2. The molecule has 6 rings (SSSR count). The van der Waals surface area contributed by atoms with Gasteiger partial charge in [-0.3, -0.25) is 4.79 Å². The minimum Gasteiger partial charge on any atom is -0.395 e. The number of imidazole rings is 1. The van der Waals surface area contributed by atoms with Crippen LogP contribution in [0.25, 0.3) is 21.8 Å². The number of nitrogens with one attached hydrogen (secondary N) is 1. The Morgan fingerprint density at radius 3 is 2.51 bits per heavy atom. The van der Waals surface area contributed by atoms with Gasteiger partial charge >= 0.3 is 0 Å². The van der Waals surface area contributed by atoms with Gasteiger partial charge in [0.25, 0.3) is 5.91 Å². The molecule has 0 spiro atoms. The molecule has 1 aromatic heterocycles. The lowest BCUT2D eigenvalue weighted by molar-refractivity contribution is -0.133. The van der Waals surface area contributed by atoms with Crippen LogP contribution in [0.2, 0.25) is 0 Å². The van der Waals surface area contributed by atoms with E-state index >= 15 is 0 Å². The molecule has 1 atom stereocenters. The highest BCUT2D eigenvalue weighted by Crippen LogP contribution is 2.34. The van der Waals surface area contributed by atoms with Gasteiger partial charge in [0.2, 0.25) is 5.95 Å². The summed E-state index contributed by atoms with van der Waals surface area (Å²) in [5, 5.41) is 21.3. The number of carbonyl (C=O) groups excluding carboxylic acids is 1. The van der Waals surface area contributed by atoms with E-state index in [4.69, 9.17) is 5.10 Å². The topological polar surface area (TPSA) is 82.8 Å². The third-order valence-electron chi connectivity index (χ3n) is 6.78. The van der Waals surface area contributed by atoms with Crippen molar-refractivity contribution >= 4 is 39.4 Å². The molecule has 5 aromatic rings. The highest BCUT2D eigenvalue weighted by Gasteiger charge is 2.33. The zero-order chi connectivity index (χ0) is 25.2. The maximum atomic E-state index is 13.8. The summed E-state index contributed by atoms with van der Waals surface area (Å²) in [7, 11) is 0. The normalized spacial score (nSPS) is 15.3. The fourth-order valence-corrected chi connectivity index (χ4v) is 4.96. The molecule has 4 aromatic carbocycles. The Morgan fingerprint density at radius 1 is 0.919 bits per heavy atom. The zero-order valence-electron chi connectivity index (χ0n) is 20.3. The van der Waals surface area contributed by atoms with Crippen molar-refractivity contribution < 1.29 is 9.90 Å². The van der Waals surface area contributed by atoms with Gasteiger partial charge in [-0.1, -0.05) is 78.9 Å². The lowest BCUT2D eigenvalue weighted by atomic mass is 9.97. The largest absolute Gasteiger partial charge is 0.395 e. The molecule has 2 N–H and O–H groups in total. The summed E-state index contributed by atoms with van der Waals surface area (Å²) in [6.45, 7) is 0.392. The molecular weight excluding hydrogens is 462 g/mol. The number of nitrogens with zero attached hydrogens (tertiary/aromatic N) is 4. The molecule has 1 amide bonds. The maximum Gasteiger partial charge on any atom is 0.263 e. The van der Waals surface area contributed by atoms with Crippen molar-refractivity contribution in [2.24, 2.45) is 5.10 Å². The van der Waals surface area contributed by atoms with E-state index in [-0.39, 0.29) is 25.1 Å². The Balaban J connectivity index is 1.37. The summed E-state index contributed by atoms with van der Waals surface area (Å²) in [6.07, 6.45) is 0.633. The van der Waals surface area contributed by atoms with Gasteiger partial charge < -0.3 is 15.0 Å². The molecule has 0 radical (unpaired) electrons. The number of benzene rings is 4. The van der Waals surface area contributed by atoms with E-state index in [0.29, 0.717) is 18.9 Å². The Bertz CT molecular complexity index is 1610. The number of aliphatic hydroxyl groups excluding tert-OH is 1. The number of rotatable bonds is 7. The minimum atomic E-state index is -0.196. The van der Waals surface area contributed by atoms with Crippen molar-refractivity contribution in [1.82, 2.24) is 14.6 Å². The van der Waals surface area contributed by atoms with E-state index in [1.807, 2.05) is 71.3 Å². The highest BCUT2D eigenvalue weighted by molar-refractivity contribution is 6.05. The summed E-state index contributed by atoms with van der Waals surface area (Å²) >= 11 is 0. The van der Waals surface area contributed by atoms with Gasteiger partial charge in [-0.05, 0) is 40.1 Å². The lowest BCUT2D eigenvalue weighted by Gasteiger charge is -2.23. The number of carbonyl (C=O) groups is 1. The van der Waals surface area contributed by atoms with Crippen LogP contribution < -0.4 is 5.32 Å². The van der Waals surface area contributed by atoms with E-state index in [1.54, 1.807) is 5.01 Å². The van der Waals surface area contributed by atoms with Gasteiger partial charge in [0.1, 0.15) is 6.54 Å². The van der Waals surface area contributed by atoms with Crippen LogP contribution in [-0.2, 0) is 11.3 Å². The van der Waals surface area contributed by atoms with Gasteiger partial charge in [-0.15, -0.1) is 0 Å². The molecule has 0 fully saturated rings. The van der Waals surface area contributed by atoms with Gasteiger partial charge in [0.05, 0.1) is 29.4 Å². The van der Waals surface area contributed by atoms with E-state index < -0.39 is 0 Å². The van der Waals surface area contributed by atoms with Crippen LogP contribution in [0.1, 0.15) is 23.6 Å². The smallest absolute Gasteiger partial charge is 0.263 e. The Labute approximate surface area is 214 Å². The first-order valence-corrected chi connectivity index (χ1v) is 12.4. The predicted octanol–water partition coefficient (Wildman–Crippen LogP) is 4.97. The van der Waals surface area contributed by atoms with Crippen molar-refractivity contribution in [3.63, 3.8) is 0 Å². The molecule has 7 nitrogen and oxygen atoms in total. The molecule has 1 aliphatic heterocycles.